The van der Waals surface area contributed by atoms with Crippen LogP contribution in [0.3, 0.4) is 0 Å². The molecule has 0 saturated heterocycles. The molecule has 0 fully saturated rings. The minimum atomic E-state index is -0.0979. The molecule has 0 aromatic carbocycles. The van der Waals surface area contributed by atoms with E-state index in [0.29, 0.717) is 12.5 Å². The summed E-state index contributed by atoms with van der Waals surface area (Å²) < 4.78 is 0. The van der Waals surface area contributed by atoms with Crippen LogP contribution in [-0.2, 0) is 0 Å². The van der Waals surface area contributed by atoms with E-state index in [4.69, 9.17) is 10.2 Å². The number of aliphatic hydroxyl groups excluding tert-OH is 2. The molecule has 74 valence electrons. The highest BCUT2D eigenvalue weighted by Gasteiger charge is 1.91. The van der Waals surface area contributed by atoms with Gasteiger partial charge in [0.15, 0.2) is 0 Å². The molecule has 4 heteroatoms. The predicted octanol–water partition coefficient (Wildman–Crippen LogP) is -0.379. The molecule has 0 rings (SSSR count). The smallest absolute Gasteiger partial charge is 0.0512 e. The van der Waals surface area contributed by atoms with Gasteiger partial charge in [-0.15, -0.1) is 0 Å². The molecule has 0 saturated carbocycles. The zero-order valence-corrected chi connectivity index (χ0v) is 10.8. The summed E-state index contributed by atoms with van der Waals surface area (Å²) in [6.07, 6.45) is 6.30. The molecular weight excluding hydrogens is 184 g/mol. The maximum Gasteiger partial charge on any atom is 0.0512 e. The maximum absolute atomic E-state index is 8.58. The van der Waals surface area contributed by atoms with E-state index in [2.05, 4.69) is 0 Å². The minimum Gasteiger partial charge on any atom is -0.400 e. The van der Waals surface area contributed by atoms with Crippen LogP contribution in [0.15, 0.2) is 0 Å². The molecule has 0 aliphatic carbocycles. The van der Waals surface area contributed by atoms with E-state index >= 15 is 0 Å². The van der Waals surface area contributed by atoms with Crippen LogP contribution in [0.5, 0.6) is 0 Å². The largest absolute Gasteiger partial charge is 0.400 e. The van der Waals surface area contributed by atoms with Crippen LogP contribution in [0.25, 0.3) is 0 Å². The standard InChI is InChI=1S/C8H22O2Si2/c9-7-11-5-3-1-2-4-6-12-8-10/h9-10H,1-8,11-12H2. The molecule has 0 heterocycles. The molecule has 2 N–H and O–H groups in total. The van der Waals surface area contributed by atoms with Crippen molar-refractivity contribution < 1.29 is 10.2 Å². The van der Waals surface area contributed by atoms with Crippen molar-refractivity contribution in [3.63, 3.8) is 0 Å². The average Bonchev–Trinajstić information content (AvgIpc) is 2.10. The fourth-order valence-electron chi connectivity index (χ4n) is 1.28. The van der Waals surface area contributed by atoms with E-state index in [1.54, 1.807) is 0 Å². The van der Waals surface area contributed by atoms with Gasteiger partial charge in [0.2, 0.25) is 0 Å². The van der Waals surface area contributed by atoms with E-state index < -0.39 is 0 Å². The normalized spacial score (nSPS) is 12.5. The van der Waals surface area contributed by atoms with Crippen molar-refractivity contribution in [3.05, 3.63) is 0 Å². The van der Waals surface area contributed by atoms with E-state index in [1.165, 1.54) is 37.8 Å². The van der Waals surface area contributed by atoms with Crippen LogP contribution in [0.4, 0.5) is 0 Å². The molecule has 0 aliphatic rings. The van der Waals surface area contributed by atoms with Crippen LogP contribution in [0.2, 0.25) is 12.1 Å². The third-order valence-corrected chi connectivity index (χ3v) is 4.70. The molecule has 0 radical (unpaired) electrons. The molecule has 0 aromatic heterocycles. The number of rotatable bonds is 9. The van der Waals surface area contributed by atoms with Crippen molar-refractivity contribution in [1.29, 1.82) is 0 Å². The van der Waals surface area contributed by atoms with E-state index in [0.717, 1.165) is 0 Å². The third kappa shape index (κ3) is 10.4. The summed E-state index contributed by atoms with van der Waals surface area (Å²) >= 11 is 0. The monoisotopic (exact) mass is 206 g/mol. The summed E-state index contributed by atoms with van der Waals surface area (Å²) in [4.78, 5) is 0. The van der Waals surface area contributed by atoms with Crippen LogP contribution < -0.4 is 0 Å². The van der Waals surface area contributed by atoms with Crippen LogP contribution >= 0.6 is 0 Å². The highest BCUT2D eigenvalue weighted by Crippen LogP contribution is 2.04. The molecule has 0 aromatic rings. The molecule has 0 amide bonds. The van der Waals surface area contributed by atoms with Crippen LogP contribution in [-0.4, -0.2) is 41.7 Å². The summed E-state index contributed by atoms with van der Waals surface area (Å²) in [7, 11) is -0.196. The summed E-state index contributed by atoms with van der Waals surface area (Å²) in [5.41, 5.74) is 0. The van der Waals surface area contributed by atoms with Gasteiger partial charge in [0.1, 0.15) is 0 Å². The SMILES string of the molecule is OC[SiH2]CCCCCC[SiH2]CO. The fraction of sp³-hybridized carbons (Fsp3) is 1.00. The van der Waals surface area contributed by atoms with Gasteiger partial charge in [-0.1, -0.05) is 37.8 Å². The van der Waals surface area contributed by atoms with Gasteiger partial charge in [-0.25, -0.2) is 0 Å². The topological polar surface area (TPSA) is 40.5 Å². The fourth-order valence-corrected chi connectivity index (χ4v) is 3.15. The number of aliphatic hydroxyl groups is 2. The zero-order chi connectivity index (χ0) is 9.07. The number of unbranched alkanes of at least 4 members (excludes halogenated alkanes) is 3. The quantitative estimate of drug-likeness (QED) is 0.399. The van der Waals surface area contributed by atoms with Crippen molar-refractivity contribution in [3.8, 4) is 0 Å². The molecule has 0 atom stereocenters. The second-order valence-electron chi connectivity index (χ2n) is 3.28. The van der Waals surface area contributed by atoms with Crippen molar-refractivity contribution in [1.82, 2.24) is 0 Å². The second-order valence-corrected chi connectivity index (χ2v) is 7.00. The molecule has 0 spiro atoms. The molecule has 2 nitrogen and oxygen atoms in total. The van der Waals surface area contributed by atoms with Gasteiger partial charge in [0, 0.05) is 12.5 Å². The number of hydrogen-bond donors (Lipinski definition) is 2. The highest BCUT2D eigenvalue weighted by molar-refractivity contribution is 6.35. The third-order valence-electron chi connectivity index (χ3n) is 2.07. The van der Waals surface area contributed by atoms with E-state index in [1.807, 2.05) is 0 Å². The summed E-state index contributed by atoms with van der Waals surface area (Å²) in [5.74, 6) is 0. The average molecular weight is 206 g/mol. The first-order chi connectivity index (χ1) is 5.91. The predicted molar refractivity (Wildman–Crippen MR) is 59.3 cm³/mol. The van der Waals surface area contributed by atoms with Crippen molar-refractivity contribution >= 4 is 19.0 Å². The lowest BCUT2D eigenvalue weighted by Crippen LogP contribution is -1.97. The Morgan fingerprint density at radius 1 is 0.667 bits per heavy atom. The first-order valence-electron chi connectivity index (χ1n) is 5.13. The molecule has 0 aliphatic heterocycles. The Labute approximate surface area is 80.0 Å². The lowest BCUT2D eigenvalue weighted by molar-refractivity contribution is 0.364. The van der Waals surface area contributed by atoms with Gasteiger partial charge in [0.25, 0.3) is 0 Å². The van der Waals surface area contributed by atoms with Gasteiger partial charge in [-0.2, -0.15) is 0 Å². The van der Waals surface area contributed by atoms with Gasteiger partial charge in [0.05, 0.1) is 19.0 Å². The van der Waals surface area contributed by atoms with Crippen molar-refractivity contribution in [2.45, 2.75) is 37.8 Å². The van der Waals surface area contributed by atoms with E-state index in [-0.39, 0.29) is 19.0 Å². The van der Waals surface area contributed by atoms with Gasteiger partial charge in [-0.3, -0.25) is 0 Å². The maximum atomic E-state index is 8.58. The van der Waals surface area contributed by atoms with Gasteiger partial charge >= 0.3 is 0 Å². The Hall–Kier alpha value is 0.354. The Bertz CT molecular complexity index is 71.5. The minimum absolute atomic E-state index is 0.0979. The second kappa shape index (κ2) is 11.4. The summed E-state index contributed by atoms with van der Waals surface area (Å²) in [5, 5.41) is 17.2. The Kier molecular flexibility index (Phi) is 11.7. The Balaban J connectivity index is 2.73. The Morgan fingerprint density at radius 3 is 1.42 bits per heavy atom. The Morgan fingerprint density at radius 2 is 1.08 bits per heavy atom. The highest BCUT2D eigenvalue weighted by atomic mass is 28.2. The van der Waals surface area contributed by atoms with Gasteiger partial charge < -0.3 is 10.2 Å². The molecule has 0 unspecified atom stereocenters. The summed E-state index contributed by atoms with van der Waals surface area (Å²) in [6, 6.07) is 2.63. The lowest BCUT2D eigenvalue weighted by atomic mass is 10.2. The van der Waals surface area contributed by atoms with Crippen LogP contribution in [0, 0.1) is 0 Å². The van der Waals surface area contributed by atoms with E-state index in [9.17, 15) is 0 Å². The molecule has 0 bridgehead atoms. The first-order valence-corrected chi connectivity index (χ1v) is 9.13. The zero-order valence-electron chi connectivity index (χ0n) is 7.97. The van der Waals surface area contributed by atoms with Crippen LogP contribution in [0.1, 0.15) is 25.7 Å². The van der Waals surface area contributed by atoms with Crippen molar-refractivity contribution in [2.75, 3.05) is 12.5 Å². The summed E-state index contributed by atoms with van der Waals surface area (Å²) in [6.45, 7) is 0. The molecular formula is C8H22O2Si2. The van der Waals surface area contributed by atoms with Gasteiger partial charge in [-0.05, 0) is 0 Å². The van der Waals surface area contributed by atoms with Crippen molar-refractivity contribution in [2.24, 2.45) is 0 Å². The number of hydrogen-bond acceptors (Lipinski definition) is 2. The lowest BCUT2D eigenvalue weighted by Gasteiger charge is -1.99. The first kappa shape index (κ1) is 12.4. The molecule has 12 heavy (non-hydrogen) atoms.